The molecule has 102 valence electrons. The van der Waals surface area contributed by atoms with Crippen LogP contribution < -0.4 is 9.64 Å². The largest absolute Gasteiger partial charge is 0.497 e. The molecule has 1 aromatic carbocycles. The summed E-state index contributed by atoms with van der Waals surface area (Å²) in [5, 5.41) is 0. The van der Waals surface area contributed by atoms with Crippen LogP contribution in [0.25, 0.3) is 0 Å². The molecule has 0 aliphatic carbocycles. The lowest BCUT2D eigenvalue weighted by Gasteiger charge is -2.18. The summed E-state index contributed by atoms with van der Waals surface area (Å²) in [6, 6.07) is 7.28. The second kappa shape index (κ2) is 5.30. The van der Waals surface area contributed by atoms with Gasteiger partial charge in [0, 0.05) is 32.7 Å². The van der Waals surface area contributed by atoms with Crippen LogP contribution in [0.4, 0.5) is 5.69 Å². The van der Waals surface area contributed by atoms with Crippen LogP contribution in [-0.2, 0) is 9.59 Å². The highest BCUT2D eigenvalue weighted by molar-refractivity contribution is 6.00. The molecule has 1 heterocycles. The third-order valence-electron chi connectivity index (χ3n) is 3.30. The molecule has 0 aromatic heterocycles. The number of methoxy groups -OCH3 is 1. The van der Waals surface area contributed by atoms with Crippen molar-refractivity contribution in [1.82, 2.24) is 4.90 Å². The Hall–Kier alpha value is -2.04. The molecule has 1 saturated heterocycles. The normalized spacial score (nSPS) is 18.6. The number of benzene rings is 1. The summed E-state index contributed by atoms with van der Waals surface area (Å²) in [6.07, 6.45) is 0.281. The molecular formula is C14H18N2O3. The minimum atomic E-state index is -0.246. The highest BCUT2D eigenvalue weighted by Gasteiger charge is 2.35. The van der Waals surface area contributed by atoms with Crippen molar-refractivity contribution in [1.29, 1.82) is 0 Å². The molecule has 19 heavy (non-hydrogen) atoms. The second-order valence-corrected chi connectivity index (χ2v) is 4.84. The minimum absolute atomic E-state index is 0.00404. The molecule has 0 radical (unpaired) electrons. The standard InChI is InChI=1S/C14H18N2O3/c1-15(2)14(18)10-8-13(17)16(9-10)11-4-6-12(19-3)7-5-11/h4-7,10H,8-9H2,1-3H3. The maximum Gasteiger partial charge on any atom is 0.227 e. The Balaban J connectivity index is 2.13. The molecule has 1 aliphatic heterocycles. The Labute approximate surface area is 112 Å². The Kier molecular flexibility index (Phi) is 3.74. The van der Waals surface area contributed by atoms with Gasteiger partial charge in [-0.15, -0.1) is 0 Å². The van der Waals surface area contributed by atoms with Crippen LogP contribution in [0.3, 0.4) is 0 Å². The number of ether oxygens (including phenoxy) is 1. The van der Waals surface area contributed by atoms with Crippen molar-refractivity contribution >= 4 is 17.5 Å². The molecule has 1 aromatic rings. The molecule has 1 aliphatic rings. The smallest absolute Gasteiger partial charge is 0.227 e. The lowest BCUT2D eigenvalue weighted by Crippen LogP contribution is -2.32. The van der Waals surface area contributed by atoms with Crippen molar-refractivity contribution in [3.8, 4) is 5.75 Å². The number of hydrogen-bond donors (Lipinski definition) is 0. The molecule has 1 atom stereocenters. The van der Waals surface area contributed by atoms with E-state index >= 15 is 0 Å². The van der Waals surface area contributed by atoms with Gasteiger partial charge in [-0.25, -0.2) is 0 Å². The van der Waals surface area contributed by atoms with Crippen molar-refractivity contribution in [3.05, 3.63) is 24.3 Å². The summed E-state index contributed by atoms with van der Waals surface area (Å²) in [7, 11) is 5.02. The Morgan fingerprint density at radius 1 is 1.32 bits per heavy atom. The molecule has 1 fully saturated rings. The maximum atomic E-state index is 12.0. The van der Waals surface area contributed by atoms with Gasteiger partial charge in [-0.05, 0) is 24.3 Å². The molecule has 5 heteroatoms. The first-order valence-electron chi connectivity index (χ1n) is 6.18. The first-order valence-corrected chi connectivity index (χ1v) is 6.18. The van der Waals surface area contributed by atoms with E-state index in [0.29, 0.717) is 6.54 Å². The fourth-order valence-corrected chi connectivity index (χ4v) is 2.25. The van der Waals surface area contributed by atoms with E-state index in [2.05, 4.69) is 0 Å². The lowest BCUT2D eigenvalue weighted by atomic mass is 10.1. The van der Waals surface area contributed by atoms with Gasteiger partial charge in [0.1, 0.15) is 5.75 Å². The zero-order chi connectivity index (χ0) is 14.0. The fraction of sp³-hybridized carbons (Fsp3) is 0.429. The summed E-state index contributed by atoms with van der Waals surface area (Å²) >= 11 is 0. The summed E-state index contributed by atoms with van der Waals surface area (Å²) in [5.41, 5.74) is 0.805. The van der Waals surface area contributed by atoms with E-state index in [-0.39, 0.29) is 24.2 Å². The van der Waals surface area contributed by atoms with Crippen LogP contribution in [0.1, 0.15) is 6.42 Å². The van der Waals surface area contributed by atoms with Crippen LogP contribution in [0.2, 0.25) is 0 Å². The topological polar surface area (TPSA) is 49.9 Å². The van der Waals surface area contributed by atoms with Gasteiger partial charge in [0.25, 0.3) is 0 Å². The summed E-state index contributed by atoms with van der Waals surface area (Å²) in [4.78, 5) is 27.1. The number of amides is 2. The molecule has 0 spiro atoms. The number of nitrogens with zero attached hydrogens (tertiary/aromatic N) is 2. The SMILES string of the molecule is COc1ccc(N2CC(C(=O)N(C)C)CC2=O)cc1. The van der Waals surface area contributed by atoms with Gasteiger partial charge >= 0.3 is 0 Å². The van der Waals surface area contributed by atoms with Crippen LogP contribution >= 0.6 is 0 Å². The van der Waals surface area contributed by atoms with E-state index in [0.717, 1.165) is 11.4 Å². The van der Waals surface area contributed by atoms with Crippen LogP contribution in [0, 0.1) is 5.92 Å². The molecule has 0 bridgehead atoms. The Morgan fingerprint density at radius 3 is 2.47 bits per heavy atom. The quantitative estimate of drug-likeness (QED) is 0.820. The number of hydrogen-bond acceptors (Lipinski definition) is 3. The van der Waals surface area contributed by atoms with Crippen molar-refractivity contribution in [2.45, 2.75) is 6.42 Å². The van der Waals surface area contributed by atoms with Gasteiger partial charge in [0.05, 0.1) is 13.0 Å². The van der Waals surface area contributed by atoms with E-state index in [4.69, 9.17) is 4.74 Å². The van der Waals surface area contributed by atoms with Gasteiger partial charge in [0.2, 0.25) is 11.8 Å². The summed E-state index contributed by atoms with van der Waals surface area (Å²) in [6.45, 7) is 0.447. The van der Waals surface area contributed by atoms with Gasteiger partial charge in [-0.1, -0.05) is 0 Å². The monoisotopic (exact) mass is 262 g/mol. The number of carbonyl (C=O) groups is 2. The molecule has 2 rings (SSSR count). The highest BCUT2D eigenvalue weighted by atomic mass is 16.5. The number of anilines is 1. The maximum absolute atomic E-state index is 12.0. The average Bonchev–Trinajstić information content (AvgIpc) is 2.80. The minimum Gasteiger partial charge on any atom is -0.497 e. The lowest BCUT2D eigenvalue weighted by molar-refractivity contribution is -0.133. The Morgan fingerprint density at radius 2 is 1.95 bits per heavy atom. The fourth-order valence-electron chi connectivity index (χ4n) is 2.25. The van der Waals surface area contributed by atoms with Gasteiger partial charge < -0.3 is 14.5 Å². The molecule has 2 amide bonds. The van der Waals surface area contributed by atoms with E-state index in [1.165, 1.54) is 4.90 Å². The molecule has 0 saturated carbocycles. The van der Waals surface area contributed by atoms with E-state index < -0.39 is 0 Å². The molecule has 5 nitrogen and oxygen atoms in total. The van der Waals surface area contributed by atoms with Gasteiger partial charge in [0.15, 0.2) is 0 Å². The van der Waals surface area contributed by atoms with E-state index in [1.54, 1.807) is 26.1 Å². The van der Waals surface area contributed by atoms with Gasteiger partial charge in [-0.2, -0.15) is 0 Å². The number of rotatable bonds is 3. The van der Waals surface area contributed by atoms with Crippen LogP contribution in [-0.4, -0.2) is 44.5 Å². The first kappa shape index (κ1) is 13.4. The third-order valence-corrected chi connectivity index (χ3v) is 3.30. The zero-order valence-electron chi connectivity index (χ0n) is 11.4. The Bertz CT molecular complexity index is 482. The predicted molar refractivity (Wildman–Crippen MR) is 72.1 cm³/mol. The predicted octanol–water partition coefficient (Wildman–Crippen LogP) is 1.14. The molecule has 1 unspecified atom stereocenters. The highest BCUT2D eigenvalue weighted by Crippen LogP contribution is 2.27. The van der Waals surface area contributed by atoms with Crippen LogP contribution in [0.5, 0.6) is 5.75 Å². The van der Waals surface area contributed by atoms with Gasteiger partial charge in [-0.3, -0.25) is 9.59 Å². The van der Waals surface area contributed by atoms with E-state index in [9.17, 15) is 9.59 Å². The van der Waals surface area contributed by atoms with Crippen molar-refractivity contribution in [3.63, 3.8) is 0 Å². The van der Waals surface area contributed by atoms with Crippen molar-refractivity contribution in [2.75, 3.05) is 32.6 Å². The van der Waals surface area contributed by atoms with Crippen molar-refractivity contribution < 1.29 is 14.3 Å². The second-order valence-electron chi connectivity index (χ2n) is 4.84. The molecule has 0 N–H and O–H groups in total. The van der Waals surface area contributed by atoms with Crippen LogP contribution in [0.15, 0.2) is 24.3 Å². The summed E-state index contributed by atoms with van der Waals surface area (Å²) in [5.74, 6) is 0.496. The summed E-state index contributed by atoms with van der Waals surface area (Å²) < 4.78 is 5.09. The zero-order valence-corrected chi connectivity index (χ0v) is 11.4. The number of carbonyl (C=O) groups excluding carboxylic acids is 2. The van der Waals surface area contributed by atoms with Crippen molar-refractivity contribution in [2.24, 2.45) is 5.92 Å². The van der Waals surface area contributed by atoms with E-state index in [1.807, 2.05) is 24.3 Å². The average molecular weight is 262 g/mol. The molecular weight excluding hydrogens is 244 g/mol. The first-order chi connectivity index (χ1) is 9.02. The third kappa shape index (κ3) is 2.70.